The van der Waals surface area contributed by atoms with Gasteiger partial charge in [0.2, 0.25) is 0 Å². The standard InChI is InChI=1S/C12H9Cl2FN2/c1-7-11(12(14)17-6-16-7)4-8-2-9(13)5-10(15)3-8/h2-3,5-6H,4H2,1H3. The molecule has 0 saturated heterocycles. The summed E-state index contributed by atoms with van der Waals surface area (Å²) in [5.74, 6) is -0.363. The second kappa shape index (κ2) is 4.98. The number of aromatic nitrogens is 2. The molecule has 0 aliphatic rings. The minimum absolute atomic E-state index is 0.363. The summed E-state index contributed by atoms with van der Waals surface area (Å²) in [4.78, 5) is 7.97. The van der Waals surface area contributed by atoms with Crippen molar-refractivity contribution in [3.8, 4) is 0 Å². The summed E-state index contributed by atoms with van der Waals surface area (Å²) >= 11 is 11.8. The molecule has 0 unspecified atom stereocenters. The molecule has 1 aromatic heterocycles. The second-order valence-electron chi connectivity index (χ2n) is 3.68. The van der Waals surface area contributed by atoms with E-state index in [2.05, 4.69) is 9.97 Å². The number of benzene rings is 1. The van der Waals surface area contributed by atoms with E-state index >= 15 is 0 Å². The lowest BCUT2D eigenvalue weighted by Gasteiger charge is -2.07. The van der Waals surface area contributed by atoms with E-state index in [0.717, 1.165) is 16.8 Å². The lowest BCUT2D eigenvalue weighted by atomic mass is 10.1. The first-order valence-electron chi connectivity index (χ1n) is 4.97. The van der Waals surface area contributed by atoms with E-state index in [0.29, 0.717) is 16.6 Å². The van der Waals surface area contributed by atoms with Gasteiger partial charge in [-0.3, -0.25) is 0 Å². The molecule has 0 aliphatic carbocycles. The fourth-order valence-electron chi connectivity index (χ4n) is 1.59. The maximum absolute atomic E-state index is 13.2. The minimum Gasteiger partial charge on any atom is -0.241 e. The van der Waals surface area contributed by atoms with Crippen LogP contribution in [0.2, 0.25) is 10.2 Å². The number of rotatable bonds is 2. The smallest absolute Gasteiger partial charge is 0.136 e. The molecule has 5 heteroatoms. The summed E-state index contributed by atoms with van der Waals surface area (Å²) in [6, 6.07) is 4.39. The molecule has 0 bridgehead atoms. The van der Waals surface area contributed by atoms with E-state index in [4.69, 9.17) is 23.2 Å². The van der Waals surface area contributed by atoms with Gasteiger partial charge >= 0.3 is 0 Å². The van der Waals surface area contributed by atoms with Crippen molar-refractivity contribution in [1.82, 2.24) is 9.97 Å². The zero-order valence-electron chi connectivity index (χ0n) is 9.04. The highest BCUT2D eigenvalue weighted by atomic mass is 35.5. The van der Waals surface area contributed by atoms with Crippen LogP contribution in [0.15, 0.2) is 24.5 Å². The summed E-state index contributed by atoms with van der Waals surface area (Å²) in [7, 11) is 0. The van der Waals surface area contributed by atoms with Crippen LogP contribution in [-0.4, -0.2) is 9.97 Å². The maximum Gasteiger partial charge on any atom is 0.136 e. The molecule has 0 radical (unpaired) electrons. The van der Waals surface area contributed by atoms with E-state index in [1.54, 1.807) is 6.07 Å². The summed E-state index contributed by atoms with van der Waals surface area (Å²) in [5, 5.41) is 0.753. The van der Waals surface area contributed by atoms with Crippen LogP contribution in [0.4, 0.5) is 4.39 Å². The molecular weight excluding hydrogens is 262 g/mol. The molecule has 2 aromatic rings. The summed E-state index contributed by atoms with van der Waals surface area (Å²) < 4.78 is 13.2. The Morgan fingerprint density at radius 2 is 1.94 bits per heavy atom. The Morgan fingerprint density at radius 1 is 1.18 bits per heavy atom. The SMILES string of the molecule is Cc1ncnc(Cl)c1Cc1cc(F)cc(Cl)c1. The van der Waals surface area contributed by atoms with Crippen LogP contribution in [-0.2, 0) is 6.42 Å². The van der Waals surface area contributed by atoms with Gasteiger partial charge in [0.1, 0.15) is 17.3 Å². The summed E-state index contributed by atoms with van der Waals surface area (Å²) in [5.41, 5.74) is 2.32. The fraction of sp³-hybridized carbons (Fsp3) is 0.167. The van der Waals surface area contributed by atoms with Crippen molar-refractivity contribution in [3.05, 3.63) is 57.3 Å². The van der Waals surface area contributed by atoms with Crippen molar-refractivity contribution in [2.75, 3.05) is 0 Å². The highest BCUT2D eigenvalue weighted by molar-refractivity contribution is 6.30. The molecule has 1 heterocycles. The average molecular weight is 271 g/mol. The minimum atomic E-state index is -0.363. The van der Waals surface area contributed by atoms with Crippen LogP contribution in [0.1, 0.15) is 16.8 Å². The molecular formula is C12H9Cl2FN2. The van der Waals surface area contributed by atoms with Crippen LogP contribution >= 0.6 is 23.2 Å². The van der Waals surface area contributed by atoms with Crippen molar-refractivity contribution in [2.45, 2.75) is 13.3 Å². The first-order chi connectivity index (χ1) is 8.06. The van der Waals surface area contributed by atoms with Gasteiger partial charge in [-0.1, -0.05) is 23.2 Å². The monoisotopic (exact) mass is 270 g/mol. The van der Waals surface area contributed by atoms with E-state index in [1.165, 1.54) is 18.5 Å². The average Bonchev–Trinajstić information content (AvgIpc) is 2.22. The first-order valence-corrected chi connectivity index (χ1v) is 5.73. The fourth-order valence-corrected chi connectivity index (χ4v) is 2.08. The molecule has 1 aromatic carbocycles. The van der Waals surface area contributed by atoms with Crippen LogP contribution in [0.5, 0.6) is 0 Å². The van der Waals surface area contributed by atoms with Crippen LogP contribution in [0.25, 0.3) is 0 Å². The number of halogens is 3. The van der Waals surface area contributed by atoms with E-state index in [1.807, 2.05) is 6.92 Å². The predicted molar refractivity (Wildman–Crippen MR) is 66.0 cm³/mol. The van der Waals surface area contributed by atoms with Crippen LogP contribution in [0.3, 0.4) is 0 Å². The number of hydrogen-bond donors (Lipinski definition) is 0. The lowest BCUT2D eigenvalue weighted by Crippen LogP contribution is -1.98. The molecule has 2 rings (SSSR count). The topological polar surface area (TPSA) is 25.8 Å². The second-order valence-corrected chi connectivity index (χ2v) is 4.48. The zero-order valence-corrected chi connectivity index (χ0v) is 10.6. The Morgan fingerprint density at radius 3 is 2.59 bits per heavy atom. The molecule has 0 aliphatic heterocycles. The lowest BCUT2D eigenvalue weighted by molar-refractivity contribution is 0.626. The number of aryl methyl sites for hydroxylation is 1. The van der Waals surface area contributed by atoms with Crippen LogP contribution in [0, 0.1) is 12.7 Å². The molecule has 0 spiro atoms. The molecule has 17 heavy (non-hydrogen) atoms. The van der Waals surface area contributed by atoms with E-state index in [-0.39, 0.29) is 5.82 Å². The van der Waals surface area contributed by atoms with Gasteiger partial charge in [0.15, 0.2) is 0 Å². The number of hydrogen-bond acceptors (Lipinski definition) is 2. The molecule has 0 atom stereocenters. The Hall–Kier alpha value is -1.19. The van der Waals surface area contributed by atoms with Crippen molar-refractivity contribution >= 4 is 23.2 Å². The normalized spacial score (nSPS) is 10.6. The Kier molecular flexibility index (Phi) is 3.60. The maximum atomic E-state index is 13.2. The van der Waals surface area contributed by atoms with Gasteiger partial charge in [-0.05, 0) is 30.7 Å². The summed E-state index contributed by atoms with van der Waals surface area (Å²) in [6.45, 7) is 1.84. The van der Waals surface area contributed by atoms with Gasteiger partial charge in [-0.25, -0.2) is 14.4 Å². The highest BCUT2D eigenvalue weighted by Crippen LogP contribution is 2.21. The molecule has 2 nitrogen and oxygen atoms in total. The molecule has 0 saturated carbocycles. The van der Waals surface area contributed by atoms with E-state index in [9.17, 15) is 4.39 Å². The van der Waals surface area contributed by atoms with Gasteiger partial charge in [0, 0.05) is 22.7 Å². The third-order valence-electron chi connectivity index (χ3n) is 2.41. The van der Waals surface area contributed by atoms with Gasteiger partial charge in [0.25, 0.3) is 0 Å². The van der Waals surface area contributed by atoms with Crippen molar-refractivity contribution in [3.63, 3.8) is 0 Å². The van der Waals surface area contributed by atoms with Gasteiger partial charge in [0.05, 0.1) is 0 Å². The van der Waals surface area contributed by atoms with Gasteiger partial charge < -0.3 is 0 Å². The van der Waals surface area contributed by atoms with Crippen LogP contribution < -0.4 is 0 Å². The Labute approximate surface area is 108 Å². The third-order valence-corrected chi connectivity index (χ3v) is 2.96. The Bertz CT molecular complexity index is 518. The highest BCUT2D eigenvalue weighted by Gasteiger charge is 2.08. The molecule has 0 fully saturated rings. The zero-order chi connectivity index (χ0) is 12.4. The third kappa shape index (κ3) is 2.93. The molecule has 0 N–H and O–H groups in total. The van der Waals surface area contributed by atoms with Crippen molar-refractivity contribution in [1.29, 1.82) is 0 Å². The molecule has 88 valence electrons. The van der Waals surface area contributed by atoms with Gasteiger partial charge in [-0.2, -0.15) is 0 Å². The first kappa shape index (κ1) is 12.3. The largest absolute Gasteiger partial charge is 0.241 e. The quantitative estimate of drug-likeness (QED) is 0.776. The Balaban J connectivity index is 2.38. The van der Waals surface area contributed by atoms with Gasteiger partial charge in [-0.15, -0.1) is 0 Å². The van der Waals surface area contributed by atoms with Crippen molar-refractivity contribution < 1.29 is 4.39 Å². The number of nitrogens with zero attached hydrogens (tertiary/aromatic N) is 2. The van der Waals surface area contributed by atoms with E-state index < -0.39 is 0 Å². The van der Waals surface area contributed by atoms with Crippen molar-refractivity contribution in [2.24, 2.45) is 0 Å². The summed E-state index contributed by atoms with van der Waals surface area (Å²) in [6.07, 6.45) is 1.86. The predicted octanol–water partition coefficient (Wildman–Crippen LogP) is 3.82. The molecule has 0 amide bonds.